The topological polar surface area (TPSA) is 29.1 Å². The highest BCUT2D eigenvalue weighted by Gasteiger charge is 2.43. The third kappa shape index (κ3) is 2.21. The lowest BCUT2D eigenvalue weighted by atomic mass is 9.88. The SMILES string of the molecule is O=C(Nc1ccccc1I)C1CC2CCC1C2. The largest absolute Gasteiger partial charge is 0.325 e. The summed E-state index contributed by atoms with van der Waals surface area (Å²) >= 11 is 2.27. The summed E-state index contributed by atoms with van der Waals surface area (Å²) in [6.45, 7) is 0. The van der Waals surface area contributed by atoms with Crippen LogP contribution in [-0.2, 0) is 4.79 Å². The van der Waals surface area contributed by atoms with Crippen LogP contribution >= 0.6 is 22.6 Å². The van der Waals surface area contributed by atoms with Gasteiger partial charge in [0, 0.05) is 9.49 Å². The fraction of sp³-hybridized carbons (Fsp3) is 0.500. The van der Waals surface area contributed by atoms with Crippen LogP contribution in [0.5, 0.6) is 0 Å². The molecule has 1 N–H and O–H groups in total. The Hall–Kier alpha value is -0.580. The molecule has 90 valence electrons. The molecule has 1 aromatic rings. The van der Waals surface area contributed by atoms with Crippen LogP contribution in [0.15, 0.2) is 24.3 Å². The first-order valence-corrected chi connectivity index (χ1v) is 7.37. The summed E-state index contributed by atoms with van der Waals surface area (Å²) < 4.78 is 1.11. The molecule has 0 saturated heterocycles. The van der Waals surface area contributed by atoms with E-state index in [9.17, 15) is 4.79 Å². The van der Waals surface area contributed by atoms with E-state index in [4.69, 9.17) is 0 Å². The Kier molecular flexibility index (Phi) is 3.11. The summed E-state index contributed by atoms with van der Waals surface area (Å²) in [6, 6.07) is 7.97. The number of rotatable bonds is 2. The van der Waals surface area contributed by atoms with E-state index in [1.54, 1.807) is 0 Å². The van der Waals surface area contributed by atoms with Crippen molar-refractivity contribution < 1.29 is 4.79 Å². The molecule has 1 amide bonds. The van der Waals surface area contributed by atoms with Crippen molar-refractivity contribution in [3.8, 4) is 0 Å². The smallest absolute Gasteiger partial charge is 0.227 e. The zero-order valence-electron chi connectivity index (χ0n) is 9.66. The maximum absolute atomic E-state index is 12.2. The fourth-order valence-corrected chi connectivity index (χ4v) is 3.88. The van der Waals surface area contributed by atoms with Crippen LogP contribution in [0.4, 0.5) is 5.69 Å². The lowest BCUT2D eigenvalue weighted by Crippen LogP contribution is -2.27. The number of hydrogen-bond acceptors (Lipinski definition) is 1. The molecule has 2 saturated carbocycles. The Balaban J connectivity index is 1.70. The predicted octanol–water partition coefficient (Wildman–Crippen LogP) is 3.67. The van der Waals surface area contributed by atoms with E-state index >= 15 is 0 Å². The van der Waals surface area contributed by atoms with Gasteiger partial charge in [0.25, 0.3) is 0 Å². The average molecular weight is 341 g/mol. The number of benzene rings is 1. The molecule has 0 aliphatic heterocycles. The van der Waals surface area contributed by atoms with Gasteiger partial charge >= 0.3 is 0 Å². The third-order valence-corrected chi connectivity index (χ3v) is 5.15. The summed E-state index contributed by atoms with van der Waals surface area (Å²) in [5.74, 6) is 1.98. The van der Waals surface area contributed by atoms with Crippen LogP contribution in [0.25, 0.3) is 0 Å². The first kappa shape index (κ1) is 11.5. The highest BCUT2D eigenvalue weighted by atomic mass is 127. The normalized spacial score (nSPS) is 30.5. The van der Waals surface area contributed by atoms with E-state index < -0.39 is 0 Å². The van der Waals surface area contributed by atoms with E-state index in [1.807, 2.05) is 24.3 Å². The molecule has 0 spiro atoms. The lowest BCUT2D eigenvalue weighted by molar-refractivity contribution is -0.121. The summed E-state index contributed by atoms with van der Waals surface area (Å²) in [5, 5.41) is 3.09. The van der Waals surface area contributed by atoms with E-state index in [1.165, 1.54) is 19.3 Å². The van der Waals surface area contributed by atoms with Crippen molar-refractivity contribution in [3.63, 3.8) is 0 Å². The van der Waals surface area contributed by atoms with Crippen LogP contribution in [-0.4, -0.2) is 5.91 Å². The van der Waals surface area contributed by atoms with Crippen molar-refractivity contribution in [2.24, 2.45) is 17.8 Å². The molecule has 3 rings (SSSR count). The number of nitrogens with one attached hydrogen (secondary N) is 1. The van der Waals surface area contributed by atoms with Crippen LogP contribution in [0.1, 0.15) is 25.7 Å². The molecular formula is C14H16INO. The maximum Gasteiger partial charge on any atom is 0.227 e. The van der Waals surface area contributed by atoms with E-state index in [0.717, 1.165) is 21.6 Å². The lowest BCUT2D eigenvalue weighted by Gasteiger charge is -2.21. The standard InChI is InChI=1S/C14H16INO/c15-12-3-1-2-4-13(12)16-14(17)11-8-9-5-6-10(11)7-9/h1-4,9-11H,5-8H2,(H,16,17). The molecule has 17 heavy (non-hydrogen) atoms. The molecule has 2 fully saturated rings. The number of para-hydroxylation sites is 1. The predicted molar refractivity (Wildman–Crippen MR) is 76.7 cm³/mol. The van der Waals surface area contributed by atoms with Crippen LogP contribution < -0.4 is 5.32 Å². The van der Waals surface area contributed by atoms with Gasteiger partial charge in [-0.1, -0.05) is 18.6 Å². The third-order valence-electron chi connectivity index (χ3n) is 4.21. The molecule has 1 aromatic carbocycles. The Bertz CT molecular complexity index is 446. The highest BCUT2D eigenvalue weighted by molar-refractivity contribution is 14.1. The number of carbonyl (C=O) groups is 1. The van der Waals surface area contributed by atoms with Gasteiger partial charge in [-0.25, -0.2) is 0 Å². The minimum atomic E-state index is 0.237. The molecule has 0 radical (unpaired) electrons. The number of fused-ring (bicyclic) bond motifs is 2. The first-order valence-electron chi connectivity index (χ1n) is 6.29. The zero-order chi connectivity index (χ0) is 11.8. The summed E-state index contributed by atoms with van der Waals surface area (Å²) in [6.07, 6.45) is 5.00. The number of halogens is 1. The van der Waals surface area contributed by atoms with Crippen molar-refractivity contribution in [1.82, 2.24) is 0 Å². The van der Waals surface area contributed by atoms with Gasteiger partial charge in [-0.15, -0.1) is 0 Å². The molecule has 2 aliphatic carbocycles. The molecule has 2 bridgehead atoms. The molecule has 0 heterocycles. The molecule has 3 heteroatoms. The van der Waals surface area contributed by atoms with Gasteiger partial charge in [-0.2, -0.15) is 0 Å². The van der Waals surface area contributed by atoms with Gasteiger partial charge in [-0.05, 0) is 65.8 Å². The Morgan fingerprint density at radius 1 is 1.24 bits per heavy atom. The second kappa shape index (κ2) is 4.59. The molecule has 2 aliphatic rings. The van der Waals surface area contributed by atoms with E-state index in [2.05, 4.69) is 27.9 Å². The van der Waals surface area contributed by atoms with Gasteiger partial charge in [0.15, 0.2) is 0 Å². The summed E-state index contributed by atoms with van der Waals surface area (Å²) in [4.78, 5) is 12.2. The summed E-state index contributed by atoms with van der Waals surface area (Å²) in [7, 11) is 0. The second-order valence-corrected chi connectivity index (χ2v) is 6.41. The molecular weight excluding hydrogens is 325 g/mol. The van der Waals surface area contributed by atoms with Crippen molar-refractivity contribution in [2.45, 2.75) is 25.7 Å². The van der Waals surface area contributed by atoms with Crippen molar-refractivity contribution >= 4 is 34.2 Å². The number of anilines is 1. The summed E-state index contributed by atoms with van der Waals surface area (Å²) in [5.41, 5.74) is 0.959. The Morgan fingerprint density at radius 2 is 2.06 bits per heavy atom. The quantitative estimate of drug-likeness (QED) is 0.818. The molecule has 3 unspecified atom stereocenters. The van der Waals surface area contributed by atoms with Gasteiger partial charge < -0.3 is 5.32 Å². The van der Waals surface area contributed by atoms with Crippen molar-refractivity contribution in [2.75, 3.05) is 5.32 Å². The Morgan fingerprint density at radius 3 is 2.71 bits per heavy atom. The van der Waals surface area contributed by atoms with Gasteiger partial charge in [0.05, 0.1) is 5.69 Å². The highest BCUT2D eigenvalue weighted by Crippen LogP contribution is 2.48. The van der Waals surface area contributed by atoms with E-state index in [-0.39, 0.29) is 11.8 Å². The molecule has 2 nitrogen and oxygen atoms in total. The Labute approximate surface area is 115 Å². The number of hydrogen-bond donors (Lipinski definition) is 1. The zero-order valence-corrected chi connectivity index (χ0v) is 11.8. The number of amides is 1. The molecule has 0 aromatic heterocycles. The van der Waals surface area contributed by atoms with Crippen LogP contribution in [0.3, 0.4) is 0 Å². The van der Waals surface area contributed by atoms with Crippen LogP contribution in [0.2, 0.25) is 0 Å². The minimum absolute atomic E-state index is 0.237. The fourth-order valence-electron chi connectivity index (χ4n) is 3.35. The van der Waals surface area contributed by atoms with Gasteiger partial charge in [0.2, 0.25) is 5.91 Å². The molecule has 3 atom stereocenters. The second-order valence-electron chi connectivity index (χ2n) is 5.25. The van der Waals surface area contributed by atoms with Crippen LogP contribution in [0, 0.1) is 21.3 Å². The minimum Gasteiger partial charge on any atom is -0.325 e. The van der Waals surface area contributed by atoms with Crippen molar-refractivity contribution in [1.29, 1.82) is 0 Å². The van der Waals surface area contributed by atoms with Crippen molar-refractivity contribution in [3.05, 3.63) is 27.8 Å². The maximum atomic E-state index is 12.2. The first-order chi connectivity index (χ1) is 8.24. The van der Waals surface area contributed by atoms with E-state index in [0.29, 0.717) is 5.92 Å². The monoisotopic (exact) mass is 341 g/mol. The number of carbonyl (C=O) groups excluding carboxylic acids is 1. The van der Waals surface area contributed by atoms with Gasteiger partial charge in [-0.3, -0.25) is 4.79 Å². The average Bonchev–Trinajstić information content (AvgIpc) is 2.94. The van der Waals surface area contributed by atoms with Gasteiger partial charge in [0.1, 0.15) is 0 Å².